The van der Waals surface area contributed by atoms with E-state index in [9.17, 15) is 14.4 Å². The molecule has 1 aliphatic rings. The zero-order valence-corrected chi connectivity index (χ0v) is 17.8. The number of nitrogens with one attached hydrogen (secondary N) is 2. The lowest BCUT2D eigenvalue weighted by Crippen LogP contribution is -2.40. The average molecular weight is 429 g/mol. The lowest BCUT2D eigenvalue weighted by atomic mass is 9.92. The third kappa shape index (κ3) is 4.05. The third-order valence-electron chi connectivity index (χ3n) is 5.53. The molecule has 0 unspecified atom stereocenters. The van der Waals surface area contributed by atoms with Gasteiger partial charge in [-0.1, -0.05) is 42.5 Å². The van der Waals surface area contributed by atoms with Crippen LogP contribution in [0.4, 0.5) is 10.5 Å². The van der Waals surface area contributed by atoms with E-state index in [1.54, 1.807) is 62.6 Å². The van der Waals surface area contributed by atoms with Gasteiger partial charge in [0.1, 0.15) is 11.3 Å². The van der Waals surface area contributed by atoms with Gasteiger partial charge in [0, 0.05) is 11.3 Å². The highest BCUT2D eigenvalue weighted by molar-refractivity contribution is 6.07. The molecular weight excluding hydrogens is 406 g/mol. The number of ether oxygens (including phenoxy) is 1. The first-order valence-corrected chi connectivity index (χ1v) is 10.1. The van der Waals surface area contributed by atoms with Crippen LogP contribution in [-0.4, -0.2) is 29.9 Å². The van der Waals surface area contributed by atoms with Crippen LogP contribution in [0.2, 0.25) is 0 Å². The fraction of sp³-hybridized carbons (Fsp3) is 0.160. The van der Waals surface area contributed by atoms with Crippen LogP contribution in [0.25, 0.3) is 0 Å². The van der Waals surface area contributed by atoms with Gasteiger partial charge in [-0.15, -0.1) is 0 Å². The van der Waals surface area contributed by atoms with E-state index in [0.717, 1.165) is 11.1 Å². The molecule has 0 aromatic heterocycles. The van der Waals surface area contributed by atoms with Crippen molar-refractivity contribution < 1.29 is 19.1 Å². The van der Waals surface area contributed by atoms with Gasteiger partial charge in [-0.05, 0) is 54.4 Å². The van der Waals surface area contributed by atoms with Crippen molar-refractivity contribution in [1.29, 1.82) is 0 Å². The molecule has 0 bridgehead atoms. The highest BCUT2D eigenvalue weighted by atomic mass is 16.5. The Kier molecular flexibility index (Phi) is 5.64. The molecule has 1 heterocycles. The topological polar surface area (TPSA) is 87.7 Å². The SMILES string of the molecule is COc1ccc(NC(=O)c2ccc(CN3C(=O)N[C@@](C)(c4ccccc4)C3=O)cc2)cc1. The lowest BCUT2D eigenvalue weighted by Gasteiger charge is -2.22. The summed E-state index contributed by atoms with van der Waals surface area (Å²) in [6.07, 6.45) is 0. The molecule has 2 N–H and O–H groups in total. The molecule has 1 saturated heterocycles. The molecule has 0 aliphatic carbocycles. The van der Waals surface area contributed by atoms with Crippen LogP contribution in [-0.2, 0) is 16.9 Å². The number of anilines is 1. The summed E-state index contributed by atoms with van der Waals surface area (Å²) in [4.78, 5) is 39.3. The van der Waals surface area contributed by atoms with E-state index in [4.69, 9.17) is 4.74 Å². The van der Waals surface area contributed by atoms with E-state index < -0.39 is 11.6 Å². The monoisotopic (exact) mass is 429 g/mol. The molecule has 3 aromatic rings. The number of hydrogen-bond donors (Lipinski definition) is 2. The van der Waals surface area contributed by atoms with E-state index in [1.807, 2.05) is 30.3 Å². The molecule has 4 rings (SSSR count). The second-order valence-electron chi connectivity index (χ2n) is 7.69. The second-order valence-corrected chi connectivity index (χ2v) is 7.69. The fourth-order valence-electron chi connectivity index (χ4n) is 3.63. The van der Waals surface area contributed by atoms with Crippen LogP contribution in [0.1, 0.15) is 28.4 Å². The number of urea groups is 1. The molecule has 162 valence electrons. The minimum atomic E-state index is -1.10. The van der Waals surface area contributed by atoms with E-state index in [0.29, 0.717) is 17.0 Å². The fourth-order valence-corrected chi connectivity index (χ4v) is 3.63. The van der Waals surface area contributed by atoms with Crippen molar-refractivity contribution in [2.24, 2.45) is 0 Å². The van der Waals surface area contributed by atoms with Crippen LogP contribution in [0.5, 0.6) is 5.75 Å². The van der Waals surface area contributed by atoms with Gasteiger partial charge in [0.05, 0.1) is 13.7 Å². The van der Waals surface area contributed by atoms with Gasteiger partial charge in [-0.2, -0.15) is 0 Å². The van der Waals surface area contributed by atoms with Gasteiger partial charge in [-0.25, -0.2) is 4.79 Å². The predicted molar refractivity (Wildman–Crippen MR) is 120 cm³/mol. The number of carbonyl (C=O) groups is 3. The number of methoxy groups -OCH3 is 1. The summed E-state index contributed by atoms with van der Waals surface area (Å²) in [7, 11) is 1.58. The summed E-state index contributed by atoms with van der Waals surface area (Å²) in [5, 5.41) is 5.62. The van der Waals surface area contributed by atoms with Crippen molar-refractivity contribution in [2.45, 2.75) is 19.0 Å². The summed E-state index contributed by atoms with van der Waals surface area (Å²) in [5.41, 5.74) is 1.49. The summed E-state index contributed by atoms with van der Waals surface area (Å²) >= 11 is 0. The van der Waals surface area contributed by atoms with Gasteiger partial charge in [0.15, 0.2) is 0 Å². The predicted octanol–water partition coefficient (Wildman–Crippen LogP) is 3.91. The lowest BCUT2D eigenvalue weighted by molar-refractivity contribution is -0.131. The molecule has 4 amide bonds. The van der Waals surface area contributed by atoms with Gasteiger partial charge in [0.25, 0.3) is 11.8 Å². The summed E-state index contributed by atoms with van der Waals surface area (Å²) in [6.45, 7) is 1.82. The van der Waals surface area contributed by atoms with Crippen molar-refractivity contribution in [1.82, 2.24) is 10.2 Å². The van der Waals surface area contributed by atoms with Crippen molar-refractivity contribution in [3.8, 4) is 5.75 Å². The molecule has 1 aliphatic heterocycles. The normalized spacial score (nSPS) is 17.8. The van der Waals surface area contributed by atoms with Crippen molar-refractivity contribution >= 4 is 23.5 Å². The molecule has 0 radical (unpaired) electrons. The minimum Gasteiger partial charge on any atom is -0.497 e. The van der Waals surface area contributed by atoms with Crippen LogP contribution in [0.15, 0.2) is 78.9 Å². The Labute approximate surface area is 186 Å². The largest absolute Gasteiger partial charge is 0.497 e. The smallest absolute Gasteiger partial charge is 0.325 e. The van der Waals surface area contributed by atoms with E-state index in [-0.39, 0.29) is 18.4 Å². The maximum Gasteiger partial charge on any atom is 0.325 e. The van der Waals surface area contributed by atoms with Gasteiger partial charge >= 0.3 is 6.03 Å². The maximum atomic E-state index is 13.0. The Morgan fingerprint density at radius 2 is 1.62 bits per heavy atom. The summed E-state index contributed by atoms with van der Waals surface area (Å²) in [5.74, 6) is 0.139. The number of hydrogen-bond acceptors (Lipinski definition) is 4. The molecule has 7 nitrogen and oxygen atoms in total. The summed E-state index contributed by atoms with van der Waals surface area (Å²) < 4.78 is 5.11. The number of imide groups is 1. The molecule has 7 heteroatoms. The molecule has 3 aromatic carbocycles. The van der Waals surface area contributed by atoms with E-state index >= 15 is 0 Å². The van der Waals surface area contributed by atoms with Crippen molar-refractivity contribution in [2.75, 3.05) is 12.4 Å². The quantitative estimate of drug-likeness (QED) is 0.582. The number of benzene rings is 3. The molecule has 32 heavy (non-hydrogen) atoms. The van der Waals surface area contributed by atoms with Crippen LogP contribution in [0, 0.1) is 0 Å². The van der Waals surface area contributed by atoms with Crippen molar-refractivity contribution in [3.05, 3.63) is 95.6 Å². The summed E-state index contributed by atoms with van der Waals surface area (Å²) in [6, 6.07) is 22.6. The molecule has 0 spiro atoms. The third-order valence-corrected chi connectivity index (χ3v) is 5.53. The Morgan fingerprint density at radius 1 is 0.969 bits per heavy atom. The Hall–Kier alpha value is -4.13. The van der Waals surface area contributed by atoms with Crippen molar-refractivity contribution in [3.63, 3.8) is 0 Å². The van der Waals surface area contributed by atoms with Gasteiger partial charge in [-0.3, -0.25) is 14.5 Å². The Balaban J connectivity index is 1.43. The van der Waals surface area contributed by atoms with Crippen LogP contribution < -0.4 is 15.4 Å². The number of nitrogens with zero attached hydrogens (tertiary/aromatic N) is 1. The standard InChI is InChI=1S/C25H23N3O4/c1-25(19-6-4-3-5-7-19)23(30)28(24(31)27-25)16-17-8-10-18(11-9-17)22(29)26-20-12-14-21(32-2)15-13-20/h3-15H,16H2,1-2H3,(H,26,29)(H,27,31)/t25-/m0/s1. The average Bonchev–Trinajstić information content (AvgIpc) is 3.04. The van der Waals surface area contributed by atoms with E-state index in [1.165, 1.54) is 4.90 Å². The van der Waals surface area contributed by atoms with Gasteiger partial charge in [0.2, 0.25) is 0 Å². The van der Waals surface area contributed by atoms with Crippen LogP contribution >= 0.6 is 0 Å². The zero-order chi connectivity index (χ0) is 22.7. The first-order valence-electron chi connectivity index (χ1n) is 10.1. The first kappa shape index (κ1) is 21.1. The minimum absolute atomic E-state index is 0.119. The number of carbonyl (C=O) groups excluding carboxylic acids is 3. The van der Waals surface area contributed by atoms with Crippen LogP contribution in [0.3, 0.4) is 0 Å². The second kappa shape index (κ2) is 8.55. The first-order chi connectivity index (χ1) is 15.4. The molecular formula is C25H23N3O4. The van der Waals surface area contributed by atoms with E-state index in [2.05, 4.69) is 10.6 Å². The highest BCUT2D eigenvalue weighted by Crippen LogP contribution is 2.29. The molecule has 1 atom stereocenters. The molecule has 0 saturated carbocycles. The Bertz CT molecular complexity index is 1140. The zero-order valence-electron chi connectivity index (χ0n) is 17.8. The Morgan fingerprint density at radius 3 is 2.25 bits per heavy atom. The van der Waals surface area contributed by atoms with Gasteiger partial charge < -0.3 is 15.4 Å². The maximum absolute atomic E-state index is 13.0. The highest BCUT2D eigenvalue weighted by Gasteiger charge is 2.48. The number of amides is 4. The number of rotatable bonds is 6. The molecule has 1 fully saturated rings.